The molecule has 1 heterocycles. The molecule has 1 aliphatic rings. The van der Waals surface area contributed by atoms with Gasteiger partial charge in [0.05, 0.1) is 5.69 Å². The van der Waals surface area contributed by atoms with E-state index >= 15 is 0 Å². The highest BCUT2D eigenvalue weighted by Crippen LogP contribution is 2.17. The maximum atomic E-state index is 11.8. The summed E-state index contributed by atoms with van der Waals surface area (Å²) >= 11 is 0. The number of aryl methyl sites for hydroxylation is 2. The summed E-state index contributed by atoms with van der Waals surface area (Å²) in [6, 6.07) is 0.412. The third-order valence-corrected chi connectivity index (χ3v) is 4.08. The van der Waals surface area contributed by atoms with Crippen molar-refractivity contribution >= 4 is 5.91 Å². The Morgan fingerprint density at radius 2 is 2.05 bits per heavy atom. The molecule has 20 heavy (non-hydrogen) atoms. The number of nitrogens with zero attached hydrogens (tertiary/aromatic N) is 1. The van der Waals surface area contributed by atoms with Crippen LogP contribution >= 0.6 is 0 Å². The van der Waals surface area contributed by atoms with Crippen molar-refractivity contribution in [3.8, 4) is 0 Å². The number of amides is 1. The van der Waals surface area contributed by atoms with Crippen LogP contribution in [0.25, 0.3) is 0 Å². The Hall–Kier alpha value is -1.36. The summed E-state index contributed by atoms with van der Waals surface area (Å²) in [7, 11) is 0. The van der Waals surface area contributed by atoms with E-state index in [0.717, 1.165) is 30.8 Å². The van der Waals surface area contributed by atoms with Gasteiger partial charge in [-0.25, -0.2) is 0 Å². The summed E-state index contributed by atoms with van der Waals surface area (Å²) in [6.07, 6.45) is 6.66. The van der Waals surface area contributed by atoms with Crippen LogP contribution in [-0.2, 0) is 11.3 Å². The quantitative estimate of drug-likeness (QED) is 0.697. The minimum atomic E-state index is 0.171. The van der Waals surface area contributed by atoms with Crippen molar-refractivity contribution in [2.24, 2.45) is 0 Å². The van der Waals surface area contributed by atoms with E-state index in [2.05, 4.69) is 20.8 Å². The number of aromatic nitrogens is 2. The molecule has 5 heteroatoms. The van der Waals surface area contributed by atoms with E-state index < -0.39 is 0 Å². The fraction of sp³-hybridized carbons (Fsp3) is 0.733. The lowest BCUT2D eigenvalue weighted by molar-refractivity contribution is -0.121. The van der Waals surface area contributed by atoms with E-state index in [4.69, 9.17) is 0 Å². The van der Waals surface area contributed by atoms with Gasteiger partial charge in [-0.05, 0) is 26.7 Å². The van der Waals surface area contributed by atoms with Gasteiger partial charge in [0.15, 0.2) is 0 Å². The van der Waals surface area contributed by atoms with Gasteiger partial charge in [-0.2, -0.15) is 5.10 Å². The molecule has 0 aromatic carbocycles. The molecular weight excluding hydrogens is 252 g/mol. The minimum Gasteiger partial charge on any atom is -0.353 e. The van der Waals surface area contributed by atoms with Crippen LogP contribution < -0.4 is 10.6 Å². The van der Waals surface area contributed by atoms with E-state index in [1.54, 1.807) is 0 Å². The van der Waals surface area contributed by atoms with E-state index in [1.807, 2.05) is 13.8 Å². The number of hydrogen-bond donors (Lipinski definition) is 3. The SMILES string of the molecule is Cc1n[nH]c(C)c1CNCCC(=O)NC1CCCCC1. The van der Waals surface area contributed by atoms with Crippen LogP contribution in [0, 0.1) is 13.8 Å². The molecule has 1 fully saturated rings. The van der Waals surface area contributed by atoms with Crippen molar-refractivity contribution in [3.63, 3.8) is 0 Å². The molecule has 2 rings (SSSR count). The molecule has 1 amide bonds. The van der Waals surface area contributed by atoms with Crippen LogP contribution in [0.4, 0.5) is 0 Å². The van der Waals surface area contributed by atoms with Crippen LogP contribution in [0.2, 0.25) is 0 Å². The van der Waals surface area contributed by atoms with Crippen molar-refractivity contribution in [1.82, 2.24) is 20.8 Å². The largest absolute Gasteiger partial charge is 0.353 e. The molecule has 0 aliphatic heterocycles. The Morgan fingerprint density at radius 1 is 1.30 bits per heavy atom. The first kappa shape index (κ1) is 15.0. The predicted molar refractivity (Wildman–Crippen MR) is 79.4 cm³/mol. The van der Waals surface area contributed by atoms with Gasteiger partial charge in [-0.15, -0.1) is 0 Å². The Kier molecular flexibility index (Phi) is 5.59. The van der Waals surface area contributed by atoms with Crippen LogP contribution in [0.5, 0.6) is 0 Å². The van der Waals surface area contributed by atoms with Crippen LogP contribution in [-0.4, -0.2) is 28.7 Å². The summed E-state index contributed by atoms with van der Waals surface area (Å²) in [6.45, 7) is 5.50. The molecule has 0 saturated heterocycles. The third-order valence-electron chi connectivity index (χ3n) is 4.08. The van der Waals surface area contributed by atoms with Crippen LogP contribution in [0.3, 0.4) is 0 Å². The van der Waals surface area contributed by atoms with E-state index in [9.17, 15) is 4.79 Å². The smallest absolute Gasteiger partial charge is 0.221 e. The van der Waals surface area contributed by atoms with Gasteiger partial charge in [-0.3, -0.25) is 9.89 Å². The Labute approximate surface area is 120 Å². The Morgan fingerprint density at radius 3 is 2.70 bits per heavy atom. The first-order chi connectivity index (χ1) is 9.66. The highest BCUT2D eigenvalue weighted by Gasteiger charge is 2.15. The van der Waals surface area contributed by atoms with E-state index in [-0.39, 0.29) is 5.91 Å². The number of hydrogen-bond acceptors (Lipinski definition) is 3. The molecule has 0 atom stereocenters. The predicted octanol–water partition coefficient (Wildman–Crippen LogP) is 1.96. The van der Waals surface area contributed by atoms with Gasteiger partial charge in [0, 0.05) is 36.8 Å². The minimum absolute atomic E-state index is 0.171. The first-order valence-corrected chi connectivity index (χ1v) is 7.67. The number of H-pyrrole nitrogens is 1. The fourth-order valence-corrected chi connectivity index (χ4v) is 2.80. The molecule has 1 aromatic rings. The lowest BCUT2D eigenvalue weighted by Crippen LogP contribution is -2.37. The summed E-state index contributed by atoms with van der Waals surface area (Å²) in [5.74, 6) is 0.171. The fourth-order valence-electron chi connectivity index (χ4n) is 2.80. The highest BCUT2D eigenvalue weighted by atomic mass is 16.1. The average molecular weight is 278 g/mol. The van der Waals surface area contributed by atoms with Gasteiger partial charge in [0.1, 0.15) is 0 Å². The van der Waals surface area contributed by atoms with Crippen molar-refractivity contribution in [2.75, 3.05) is 6.54 Å². The van der Waals surface area contributed by atoms with Crippen molar-refractivity contribution < 1.29 is 4.79 Å². The molecule has 0 bridgehead atoms. The van der Waals surface area contributed by atoms with E-state index in [0.29, 0.717) is 19.0 Å². The molecule has 1 aliphatic carbocycles. The van der Waals surface area contributed by atoms with Crippen molar-refractivity contribution in [1.29, 1.82) is 0 Å². The van der Waals surface area contributed by atoms with Gasteiger partial charge in [0.2, 0.25) is 5.91 Å². The lowest BCUT2D eigenvalue weighted by Gasteiger charge is -2.22. The topological polar surface area (TPSA) is 69.8 Å². The van der Waals surface area contributed by atoms with Gasteiger partial charge in [-0.1, -0.05) is 19.3 Å². The maximum Gasteiger partial charge on any atom is 0.221 e. The van der Waals surface area contributed by atoms with Gasteiger partial charge < -0.3 is 10.6 Å². The number of rotatable bonds is 6. The van der Waals surface area contributed by atoms with Crippen LogP contribution in [0.15, 0.2) is 0 Å². The second-order valence-corrected chi connectivity index (χ2v) is 5.74. The standard InChI is InChI=1S/C15H26N4O/c1-11-14(12(2)19-18-11)10-16-9-8-15(20)17-13-6-4-3-5-7-13/h13,16H,3-10H2,1-2H3,(H,17,20)(H,18,19). The molecule has 1 aromatic heterocycles. The first-order valence-electron chi connectivity index (χ1n) is 7.67. The third kappa shape index (κ3) is 4.34. The maximum absolute atomic E-state index is 11.8. The normalized spacial score (nSPS) is 16.3. The Balaban J connectivity index is 1.62. The zero-order chi connectivity index (χ0) is 14.4. The van der Waals surface area contributed by atoms with Gasteiger partial charge >= 0.3 is 0 Å². The van der Waals surface area contributed by atoms with Crippen molar-refractivity contribution in [2.45, 2.75) is 65.0 Å². The second kappa shape index (κ2) is 7.43. The van der Waals surface area contributed by atoms with Gasteiger partial charge in [0.25, 0.3) is 0 Å². The average Bonchev–Trinajstić information content (AvgIpc) is 2.76. The zero-order valence-electron chi connectivity index (χ0n) is 12.6. The molecule has 1 saturated carbocycles. The number of carbonyl (C=O) groups excluding carboxylic acids is 1. The van der Waals surface area contributed by atoms with Crippen molar-refractivity contribution in [3.05, 3.63) is 17.0 Å². The molecule has 0 spiro atoms. The zero-order valence-corrected chi connectivity index (χ0v) is 12.6. The second-order valence-electron chi connectivity index (χ2n) is 5.74. The van der Waals surface area contributed by atoms with E-state index in [1.165, 1.54) is 24.8 Å². The highest BCUT2D eigenvalue weighted by molar-refractivity contribution is 5.76. The monoisotopic (exact) mass is 278 g/mol. The summed E-state index contributed by atoms with van der Waals surface area (Å²) < 4.78 is 0. The molecule has 0 unspecified atom stereocenters. The number of aromatic amines is 1. The summed E-state index contributed by atoms with van der Waals surface area (Å²) in [5.41, 5.74) is 3.33. The lowest BCUT2D eigenvalue weighted by atomic mass is 9.95. The summed E-state index contributed by atoms with van der Waals surface area (Å²) in [4.78, 5) is 11.8. The molecule has 112 valence electrons. The molecular formula is C15H26N4O. The molecule has 5 nitrogen and oxygen atoms in total. The Bertz CT molecular complexity index is 416. The number of carbonyl (C=O) groups is 1. The molecule has 3 N–H and O–H groups in total. The number of nitrogens with one attached hydrogen (secondary N) is 3. The summed E-state index contributed by atoms with van der Waals surface area (Å²) in [5, 5.41) is 13.6. The molecule has 0 radical (unpaired) electrons. The van der Waals surface area contributed by atoms with Crippen LogP contribution in [0.1, 0.15) is 55.5 Å².